The highest BCUT2D eigenvalue weighted by atomic mass is 16.1. The lowest BCUT2D eigenvalue weighted by Crippen LogP contribution is -2.32. The van der Waals surface area contributed by atoms with Gasteiger partial charge in [-0.25, -0.2) is 4.68 Å². The molecular weight excluding hydrogens is 216 g/mol. The Morgan fingerprint density at radius 1 is 1.24 bits per heavy atom. The van der Waals surface area contributed by atoms with Gasteiger partial charge in [0.25, 0.3) is 5.56 Å². The van der Waals surface area contributed by atoms with Gasteiger partial charge in [-0.15, -0.1) is 0 Å². The van der Waals surface area contributed by atoms with Crippen LogP contribution in [0.1, 0.15) is 5.69 Å². The molecule has 0 atom stereocenters. The van der Waals surface area contributed by atoms with Crippen molar-refractivity contribution in [2.45, 2.75) is 13.1 Å². The molecule has 5 nitrogen and oxygen atoms in total. The fourth-order valence-electron chi connectivity index (χ4n) is 2.25. The monoisotopic (exact) mass is 230 g/mol. The fourth-order valence-corrected chi connectivity index (χ4v) is 2.25. The molecule has 1 aromatic heterocycles. The molecule has 1 aromatic carbocycles. The Hall–Kier alpha value is -2.01. The predicted octanol–water partition coefficient (Wildman–Crippen LogP) is 0.324. The number of benzene rings is 1. The Morgan fingerprint density at radius 3 is 2.76 bits per heavy atom. The molecule has 5 heteroatoms. The lowest BCUT2D eigenvalue weighted by molar-refractivity contribution is 0.442. The van der Waals surface area contributed by atoms with E-state index in [4.69, 9.17) is 5.73 Å². The van der Waals surface area contributed by atoms with E-state index in [9.17, 15) is 4.79 Å². The van der Waals surface area contributed by atoms with Gasteiger partial charge in [-0.3, -0.25) is 9.48 Å². The van der Waals surface area contributed by atoms with Gasteiger partial charge in [0.05, 0.1) is 17.9 Å². The van der Waals surface area contributed by atoms with Crippen LogP contribution in [0.5, 0.6) is 0 Å². The molecule has 0 spiro atoms. The number of nitrogens with two attached hydrogens (primary N) is 1. The molecule has 1 aliphatic rings. The summed E-state index contributed by atoms with van der Waals surface area (Å²) in [7, 11) is 0. The maximum Gasteiger partial charge on any atom is 0.294 e. The highest BCUT2D eigenvalue weighted by Gasteiger charge is 2.20. The maximum absolute atomic E-state index is 12.1. The minimum absolute atomic E-state index is 0.130. The van der Waals surface area contributed by atoms with Gasteiger partial charge in [0.2, 0.25) is 0 Å². The van der Waals surface area contributed by atoms with E-state index in [2.05, 4.69) is 5.32 Å². The molecule has 0 unspecified atom stereocenters. The van der Waals surface area contributed by atoms with E-state index in [1.165, 1.54) is 0 Å². The topological polar surface area (TPSA) is 65.0 Å². The van der Waals surface area contributed by atoms with Crippen molar-refractivity contribution < 1.29 is 0 Å². The third kappa shape index (κ3) is 1.47. The van der Waals surface area contributed by atoms with Crippen molar-refractivity contribution in [2.75, 3.05) is 12.3 Å². The van der Waals surface area contributed by atoms with Crippen LogP contribution in [0, 0.1) is 0 Å². The summed E-state index contributed by atoms with van der Waals surface area (Å²) in [6.45, 7) is 2.27. The lowest BCUT2D eigenvalue weighted by Gasteiger charge is -2.19. The van der Waals surface area contributed by atoms with Gasteiger partial charge in [-0.05, 0) is 12.1 Å². The van der Waals surface area contributed by atoms with Gasteiger partial charge >= 0.3 is 0 Å². The molecule has 0 radical (unpaired) electrons. The SMILES string of the molecule is Nc1c2n(n(-c3ccccc3)c1=O)CCNC2. The molecule has 2 heterocycles. The number of rotatable bonds is 1. The summed E-state index contributed by atoms with van der Waals surface area (Å²) in [5.41, 5.74) is 7.82. The molecule has 0 saturated heterocycles. The van der Waals surface area contributed by atoms with Crippen molar-refractivity contribution in [3.63, 3.8) is 0 Å². The third-order valence-electron chi connectivity index (χ3n) is 3.08. The Balaban J connectivity index is 2.27. The molecule has 3 rings (SSSR count). The average Bonchev–Trinajstić information content (AvgIpc) is 2.64. The van der Waals surface area contributed by atoms with Crippen molar-refractivity contribution in [3.8, 4) is 5.69 Å². The van der Waals surface area contributed by atoms with Crippen LogP contribution < -0.4 is 16.6 Å². The second-order valence-corrected chi connectivity index (χ2v) is 4.11. The molecule has 0 saturated carbocycles. The van der Waals surface area contributed by atoms with Crippen LogP contribution in [-0.2, 0) is 13.1 Å². The molecule has 3 N–H and O–H groups in total. The van der Waals surface area contributed by atoms with Crippen LogP contribution in [0.25, 0.3) is 5.69 Å². The van der Waals surface area contributed by atoms with E-state index in [0.29, 0.717) is 12.2 Å². The van der Waals surface area contributed by atoms with Crippen LogP contribution >= 0.6 is 0 Å². The predicted molar refractivity (Wildman–Crippen MR) is 66.1 cm³/mol. The van der Waals surface area contributed by atoms with Crippen molar-refractivity contribution >= 4 is 5.69 Å². The number of fused-ring (bicyclic) bond motifs is 1. The minimum atomic E-state index is -0.130. The number of nitrogens with one attached hydrogen (secondary N) is 1. The van der Waals surface area contributed by atoms with Crippen LogP contribution in [-0.4, -0.2) is 15.9 Å². The third-order valence-corrected chi connectivity index (χ3v) is 3.08. The average molecular weight is 230 g/mol. The molecule has 0 fully saturated rings. The first kappa shape index (κ1) is 10.2. The van der Waals surface area contributed by atoms with Gasteiger partial charge in [0, 0.05) is 13.1 Å². The standard InChI is InChI=1S/C12H14N4O/c13-11-10-8-14-6-7-15(10)16(12(11)17)9-4-2-1-3-5-9/h1-5,14H,6-8,13H2. The highest BCUT2D eigenvalue weighted by molar-refractivity contribution is 5.45. The summed E-state index contributed by atoms with van der Waals surface area (Å²) in [6, 6.07) is 9.59. The summed E-state index contributed by atoms with van der Waals surface area (Å²) >= 11 is 0. The van der Waals surface area contributed by atoms with Gasteiger partial charge < -0.3 is 11.1 Å². The largest absolute Gasteiger partial charge is 0.393 e. The van der Waals surface area contributed by atoms with E-state index in [1.54, 1.807) is 4.68 Å². The van der Waals surface area contributed by atoms with Gasteiger partial charge in [-0.1, -0.05) is 18.2 Å². The van der Waals surface area contributed by atoms with Gasteiger partial charge in [0.15, 0.2) is 0 Å². The Kier molecular flexibility index (Phi) is 2.26. The summed E-state index contributed by atoms with van der Waals surface area (Å²) in [5.74, 6) is 0. The second-order valence-electron chi connectivity index (χ2n) is 4.11. The first-order valence-electron chi connectivity index (χ1n) is 5.65. The number of hydrogen-bond acceptors (Lipinski definition) is 3. The molecule has 0 bridgehead atoms. The summed E-state index contributed by atoms with van der Waals surface area (Å²) < 4.78 is 3.62. The molecular formula is C12H14N4O. The summed E-state index contributed by atoms with van der Waals surface area (Å²) in [4.78, 5) is 12.1. The quantitative estimate of drug-likeness (QED) is 0.741. The van der Waals surface area contributed by atoms with Crippen molar-refractivity contribution in [1.29, 1.82) is 0 Å². The molecule has 17 heavy (non-hydrogen) atoms. The fraction of sp³-hybridized carbons (Fsp3) is 0.250. The molecule has 1 aliphatic heterocycles. The smallest absolute Gasteiger partial charge is 0.294 e. The van der Waals surface area contributed by atoms with Crippen molar-refractivity contribution in [2.24, 2.45) is 0 Å². The Labute approximate surface area is 98.4 Å². The van der Waals surface area contributed by atoms with Crippen LogP contribution in [0.4, 0.5) is 5.69 Å². The van der Waals surface area contributed by atoms with E-state index in [0.717, 1.165) is 24.5 Å². The number of hydrogen-bond donors (Lipinski definition) is 2. The number of nitrogens with zero attached hydrogens (tertiary/aromatic N) is 2. The number of para-hydroxylation sites is 1. The minimum Gasteiger partial charge on any atom is -0.393 e. The van der Waals surface area contributed by atoms with E-state index >= 15 is 0 Å². The Bertz CT molecular complexity index is 597. The first-order chi connectivity index (χ1) is 8.29. The maximum atomic E-state index is 12.1. The zero-order valence-corrected chi connectivity index (χ0v) is 9.39. The number of anilines is 1. The van der Waals surface area contributed by atoms with Crippen molar-refractivity contribution in [1.82, 2.24) is 14.7 Å². The van der Waals surface area contributed by atoms with Gasteiger partial charge in [-0.2, -0.15) is 0 Å². The van der Waals surface area contributed by atoms with Gasteiger partial charge in [0.1, 0.15) is 5.69 Å². The number of nitrogen functional groups attached to an aromatic ring is 1. The summed E-state index contributed by atoms with van der Waals surface area (Å²) in [6.07, 6.45) is 0. The first-order valence-corrected chi connectivity index (χ1v) is 5.65. The van der Waals surface area contributed by atoms with Crippen molar-refractivity contribution in [3.05, 3.63) is 46.4 Å². The zero-order valence-electron chi connectivity index (χ0n) is 9.39. The molecule has 0 aliphatic carbocycles. The lowest BCUT2D eigenvalue weighted by atomic mass is 10.3. The van der Waals surface area contributed by atoms with E-state index in [1.807, 2.05) is 35.0 Å². The summed E-state index contributed by atoms with van der Waals surface area (Å²) in [5, 5.41) is 3.22. The zero-order chi connectivity index (χ0) is 11.8. The Morgan fingerprint density at radius 2 is 2.00 bits per heavy atom. The molecule has 0 amide bonds. The molecule has 88 valence electrons. The van der Waals surface area contributed by atoms with Crippen LogP contribution in [0.3, 0.4) is 0 Å². The molecule has 2 aromatic rings. The number of aromatic nitrogens is 2. The second kappa shape index (κ2) is 3.78. The van der Waals surface area contributed by atoms with Crippen LogP contribution in [0.2, 0.25) is 0 Å². The normalized spacial score (nSPS) is 14.6. The van der Waals surface area contributed by atoms with E-state index < -0.39 is 0 Å². The van der Waals surface area contributed by atoms with E-state index in [-0.39, 0.29) is 5.56 Å². The van der Waals surface area contributed by atoms with Crippen LogP contribution in [0.15, 0.2) is 35.1 Å². The highest BCUT2D eigenvalue weighted by Crippen LogP contribution is 2.15.